The molecule has 1 aromatic rings. The summed E-state index contributed by atoms with van der Waals surface area (Å²) < 4.78 is 39.5. The van der Waals surface area contributed by atoms with Crippen LogP contribution in [0.15, 0.2) is 24.3 Å². The zero-order valence-corrected chi connectivity index (χ0v) is 14.2. The Bertz CT molecular complexity index is 470. The lowest BCUT2D eigenvalue weighted by molar-refractivity contribution is 0.114. The Hall–Kier alpha value is -0.770. The van der Waals surface area contributed by atoms with E-state index >= 15 is 0 Å². The van der Waals surface area contributed by atoms with E-state index < -0.39 is 21.6 Å². The number of hydrogen-bond donors (Lipinski definition) is 1. The van der Waals surface area contributed by atoms with Gasteiger partial charge in [0.1, 0.15) is 0 Å². The number of benzene rings is 1. The highest BCUT2D eigenvalue weighted by atomic mass is 31.2. The van der Waals surface area contributed by atoms with Gasteiger partial charge in [0.15, 0.2) is 0 Å². The van der Waals surface area contributed by atoms with Gasteiger partial charge in [-0.25, -0.2) is 0 Å². The topological polar surface area (TPSA) is 87.8 Å². The molecule has 0 spiro atoms. The van der Waals surface area contributed by atoms with Crippen LogP contribution in [0.2, 0.25) is 0 Å². The average Bonchev–Trinajstić information content (AvgIpc) is 2.46. The van der Waals surface area contributed by atoms with Gasteiger partial charge < -0.3 is 19.5 Å². The summed E-state index contributed by atoms with van der Waals surface area (Å²) in [5, 5.41) is 0. The van der Waals surface area contributed by atoms with Gasteiger partial charge in [-0.3, -0.25) is 4.57 Å². The average molecular weight is 334 g/mol. The Morgan fingerprint density at radius 3 is 2.24 bits per heavy atom. The Morgan fingerprint density at radius 1 is 1.19 bits per heavy atom. The number of ether oxygens (including phenoxy) is 1. The molecular weight excluding hydrogens is 312 g/mol. The molecule has 0 aromatic heterocycles. The first-order valence-corrected chi connectivity index (χ1v) is 9.38. The van der Waals surface area contributed by atoms with Gasteiger partial charge in [-0.1, -0.05) is 16.7 Å². The number of nitrogens with two attached hydrogens (primary N) is 1. The van der Waals surface area contributed by atoms with Crippen LogP contribution in [-0.4, -0.2) is 25.4 Å². The molecule has 2 unspecified atom stereocenters. The smallest absolute Gasteiger partial charge is 0.399 e. The van der Waals surface area contributed by atoms with Gasteiger partial charge in [0.2, 0.25) is 0 Å². The van der Waals surface area contributed by atoms with Crippen molar-refractivity contribution in [2.75, 3.05) is 25.6 Å². The third-order valence-corrected chi connectivity index (χ3v) is 6.25. The second kappa shape index (κ2) is 9.29. The minimum absolute atomic E-state index is 0.208. The van der Waals surface area contributed by atoms with Crippen LogP contribution in [0.5, 0.6) is 0 Å². The van der Waals surface area contributed by atoms with E-state index in [1.165, 1.54) is 0 Å². The van der Waals surface area contributed by atoms with Gasteiger partial charge in [0.25, 0.3) is 0 Å². The molecular formula is C13H22NO5P2+. The molecule has 0 aliphatic carbocycles. The normalized spacial score (nSPS) is 13.4. The summed E-state index contributed by atoms with van der Waals surface area (Å²) in [6, 6.07) is 7.37. The zero-order valence-electron chi connectivity index (χ0n) is 12.3. The van der Waals surface area contributed by atoms with Crippen molar-refractivity contribution in [3.8, 4) is 0 Å². The van der Waals surface area contributed by atoms with Gasteiger partial charge >= 0.3 is 21.6 Å². The van der Waals surface area contributed by atoms with Crippen molar-refractivity contribution in [3.63, 3.8) is 0 Å². The highest BCUT2D eigenvalue weighted by molar-refractivity contribution is 7.63. The van der Waals surface area contributed by atoms with Crippen molar-refractivity contribution in [3.05, 3.63) is 29.8 Å². The van der Waals surface area contributed by atoms with Crippen molar-refractivity contribution < 1.29 is 22.9 Å². The molecule has 0 bridgehead atoms. The largest absolute Gasteiger partial charge is 0.409 e. The van der Waals surface area contributed by atoms with Crippen LogP contribution in [0.25, 0.3) is 0 Å². The summed E-state index contributed by atoms with van der Waals surface area (Å²) in [6.07, 6.45) is 0.597. The van der Waals surface area contributed by atoms with E-state index in [0.717, 1.165) is 5.56 Å². The molecule has 2 N–H and O–H groups in total. The van der Waals surface area contributed by atoms with Gasteiger partial charge in [0.05, 0.1) is 19.8 Å². The lowest BCUT2D eigenvalue weighted by atomic mass is 10.1. The predicted molar refractivity (Wildman–Crippen MR) is 84.2 cm³/mol. The van der Waals surface area contributed by atoms with E-state index in [-0.39, 0.29) is 19.8 Å². The van der Waals surface area contributed by atoms with Crippen molar-refractivity contribution in [1.29, 1.82) is 0 Å². The van der Waals surface area contributed by atoms with E-state index in [1.807, 2.05) is 12.1 Å². The van der Waals surface area contributed by atoms with Crippen LogP contribution >= 0.6 is 16.1 Å². The second-order valence-corrected chi connectivity index (χ2v) is 7.52. The Balaban J connectivity index is 2.58. The van der Waals surface area contributed by atoms with E-state index in [2.05, 4.69) is 0 Å². The van der Waals surface area contributed by atoms with E-state index in [0.29, 0.717) is 12.1 Å². The molecule has 0 aliphatic heterocycles. The van der Waals surface area contributed by atoms with Crippen LogP contribution in [0, 0.1) is 0 Å². The summed E-state index contributed by atoms with van der Waals surface area (Å²) in [7, 11) is -4.42. The fourth-order valence-corrected chi connectivity index (χ4v) is 4.20. The Kier molecular flexibility index (Phi) is 8.09. The van der Waals surface area contributed by atoms with Crippen LogP contribution in [0.3, 0.4) is 0 Å². The maximum Gasteiger partial charge on any atom is 0.409 e. The van der Waals surface area contributed by atoms with Crippen molar-refractivity contribution in [1.82, 2.24) is 0 Å². The first kappa shape index (κ1) is 18.3. The fourth-order valence-electron chi connectivity index (χ4n) is 1.70. The molecule has 0 saturated carbocycles. The summed E-state index contributed by atoms with van der Waals surface area (Å²) in [5.74, 6) is 0. The SMILES string of the molecule is CCOP(=O)(OCC)C(OCCc1ccc(N)cc1)[PH+]=O. The Morgan fingerprint density at radius 2 is 1.76 bits per heavy atom. The third kappa shape index (κ3) is 5.85. The summed E-state index contributed by atoms with van der Waals surface area (Å²) in [5.41, 5.74) is 6.28. The predicted octanol–water partition coefficient (Wildman–Crippen LogP) is 3.40. The quantitative estimate of drug-likeness (QED) is 0.521. The highest BCUT2D eigenvalue weighted by Gasteiger charge is 2.43. The van der Waals surface area contributed by atoms with Crippen LogP contribution in [-0.2, 0) is 29.3 Å². The van der Waals surface area contributed by atoms with Crippen LogP contribution in [0.1, 0.15) is 19.4 Å². The first-order chi connectivity index (χ1) is 10.1. The maximum absolute atomic E-state index is 12.5. The molecule has 2 atom stereocenters. The molecule has 0 fully saturated rings. The second-order valence-electron chi connectivity index (χ2n) is 4.21. The molecule has 0 aliphatic rings. The van der Waals surface area contributed by atoms with Crippen molar-refractivity contribution in [2.45, 2.75) is 25.9 Å². The molecule has 118 valence electrons. The van der Waals surface area contributed by atoms with E-state index in [9.17, 15) is 9.13 Å². The first-order valence-electron chi connectivity index (χ1n) is 6.78. The lowest BCUT2D eigenvalue weighted by Gasteiger charge is -2.18. The third-order valence-electron chi connectivity index (χ3n) is 2.65. The minimum Gasteiger partial charge on any atom is -0.399 e. The zero-order chi connectivity index (χ0) is 15.7. The molecule has 6 nitrogen and oxygen atoms in total. The highest BCUT2D eigenvalue weighted by Crippen LogP contribution is 2.57. The maximum atomic E-state index is 12.5. The fraction of sp³-hybridized carbons (Fsp3) is 0.538. The summed E-state index contributed by atoms with van der Waals surface area (Å²) in [6.45, 7) is 4.09. The number of nitrogen functional groups attached to an aromatic ring is 1. The number of anilines is 1. The number of hydrogen-bond acceptors (Lipinski definition) is 6. The van der Waals surface area contributed by atoms with Gasteiger partial charge in [0, 0.05) is 5.69 Å². The molecule has 1 aromatic carbocycles. The molecule has 8 heteroatoms. The standard InChI is InChI=1S/C13H21NO5P2/c1-3-18-21(16,19-4-2)13(20-15)17-10-9-11-5-7-12(14)8-6-11/h5-8,13H,3-4,9-10,14H2,1-2H3/p+1. The van der Waals surface area contributed by atoms with Gasteiger partial charge in [-0.2, -0.15) is 0 Å². The van der Waals surface area contributed by atoms with E-state index in [4.69, 9.17) is 19.5 Å². The van der Waals surface area contributed by atoms with Gasteiger partial charge in [-0.15, -0.1) is 0 Å². The van der Waals surface area contributed by atoms with E-state index in [1.54, 1.807) is 26.0 Å². The number of rotatable bonds is 10. The monoisotopic (exact) mass is 334 g/mol. The molecule has 1 rings (SSSR count). The van der Waals surface area contributed by atoms with Crippen LogP contribution < -0.4 is 5.73 Å². The summed E-state index contributed by atoms with van der Waals surface area (Å²) in [4.78, 5) is 0. The van der Waals surface area contributed by atoms with Crippen molar-refractivity contribution >= 4 is 21.7 Å². The lowest BCUT2D eigenvalue weighted by Crippen LogP contribution is -2.13. The molecule has 0 saturated heterocycles. The minimum atomic E-state index is -3.50. The Labute approximate surface area is 126 Å². The molecule has 0 amide bonds. The molecule has 21 heavy (non-hydrogen) atoms. The summed E-state index contributed by atoms with van der Waals surface area (Å²) >= 11 is 0. The van der Waals surface area contributed by atoms with Gasteiger partial charge in [-0.05, 0) is 38.0 Å². The molecule has 0 radical (unpaired) electrons. The van der Waals surface area contributed by atoms with Crippen LogP contribution in [0.4, 0.5) is 5.69 Å². The van der Waals surface area contributed by atoms with Crippen molar-refractivity contribution in [2.24, 2.45) is 0 Å². The molecule has 0 heterocycles.